The van der Waals surface area contributed by atoms with Gasteiger partial charge in [-0.1, -0.05) is 6.07 Å². The Morgan fingerprint density at radius 1 is 1.19 bits per heavy atom. The summed E-state index contributed by atoms with van der Waals surface area (Å²) in [7, 11) is 0. The van der Waals surface area contributed by atoms with Crippen LogP contribution in [-0.2, 0) is 16.1 Å². The van der Waals surface area contributed by atoms with Gasteiger partial charge in [-0.25, -0.2) is 4.98 Å². The summed E-state index contributed by atoms with van der Waals surface area (Å²) >= 11 is 0. The first kappa shape index (κ1) is 18.4. The average Bonchev–Trinajstić information content (AvgIpc) is 3.10. The summed E-state index contributed by atoms with van der Waals surface area (Å²) < 4.78 is 12.4. The fraction of sp³-hybridized carbons (Fsp3) is 0.250. The van der Waals surface area contributed by atoms with Crippen LogP contribution in [0.3, 0.4) is 0 Å². The second-order valence-corrected chi connectivity index (χ2v) is 5.96. The van der Waals surface area contributed by atoms with Crippen LogP contribution in [0.2, 0.25) is 0 Å². The minimum Gasteiger partial charge on any atom is -0.494 e. The fourth-order valence-electron chi connectivity index (χ4n) is 2.60. The fourth-order valence-corrected chi connectivity index (χ4v) is 2.60. The standard InChI is InChI=1S/C20H21N3O4/c1-3-26-17-8-6-15(7-9-17)20(25)21-11-18(24)27-13-16-12-23-10-4-5-14(2)19(23)22-16/h4-10,12H,3,11,13H2,1-2H3,(H,21,25). The van der Waals surface area contributed by atoms with Crippen LogP contribution in [0.15, 0.2) is 48.8 Å². The first-order chi connectivity index (χ1) is 13.1. The molecule has 1 aromatic carbocycles. The number of nitrogens with one attached hydrogen (secondary N) is 1. The van der Waals surface area contributed by atoms with Crippen molar-refractivity contribution in [1.82, 2.24) is 14.7 Å². The van der Waals surface area contributed by atoms with Crippen molar-refractivity contribution in [2.75, 3.05) is 13.2 Å². The van der Waals surface area contributed by atoms with E-state index in [4.69, 9.17) is 9.47 Å². The number of imidazole rings is 1. The smallest absolute Gasteiger partial charge is 0.325 e. The van der Waals surface area contributed by atoms with E-state index in [-0.39, 0.29) is 19.1 Å². The number of esters is 1. The van der Waals surface area contributed by atoms with Gasteiger partial charge in [0.2, 0.25) is 0 Å². The van der Waals surface area contributed by atoms with E-state index < -0.39 is 5.97 Å². The number of hydrogen-bond donors (Lipinski definition) is 1. The van der Waals surface area contributed by atoms with E-state index in [1.165, 1.54) is 0 Å². The molecule has 0 aliphatic rings. The number of carbonyl (C=O) groups is 2. The highest BCUT2D eigenvalue weighted by Crippen LogP contribution is 2.12. The van der Waals surface area contributed by atoms with E-state index in [1.54, 1.807) is 24.3 Å². The maximum atomic E-state index is 12.1. The Morgan fingerprint density at radius 2 is 1.96 bits per heavy atom. The number of carbonyl (C=O) groups excluding carboxylic acids is 2. The van der Waals surface area contributed by atoms with Gasteiger partial charge in [0.15, 0.2) is 0 Å². The van der Waals surface area contributed by atoms with E-state index in [0.717, 1.165) is 11.2 Å². The Balaban J connectivity index is 1.48. The molecule has 0 unspecified atom stereocenters. The highest BCUT2D eigenvalue weighted by molar-refractivity contribution is 5.96. The normalized spacial score (nSPS) is 10.6. The maximum Gasteiger partial charge on any atom is 0.325 e. The summed E-state index contributed by atoms with van der Waals surface area (Å²) in [6.07, 6.45) is 3.70. The van der Waals surface area contributed by atoms with Crippen LogP contribution < -0.4 is 10.1 Å². The Labute approximate surface area is 156 Å². The van der Waals surface area contributed by atoms with Gasteiger partial charge in [-0.2, -0.15) is 0 Å². The van der Waals surface area contributed by atoms with E-state index in [2.05, 4.69) is 10.3 Å². The number of benzene rings is 1. The number of pyridine rings is 1. The molecule has 2 heterocycles. The number of aryl methyl sites for hydroxylation is 1. The summed E-state index contributed by atoms with van der Waals surface area (Å²) in [6.45, 7) is 4.26. The van der Waals surface area contributed by atoms with Crippen molar-refractivity contribution >= 4 is 17.5 Å². The number of nitrogens with zero attached hydrogens (tertiary/aromatic N) is 2. The van der Waals surface area contributed by atoms with E-state index in [0.29, 0.717) is 23.6 Å². The predicted molar refractivity (Wildman–Crippen MR) is 99.7 cm³/mol. The van der Waals surface area contributed by atoms with Gasteiger partial charge in [-0.05, 0) is 49.7 Å². The molecular weight excluding hydrogens is 346 g/mol. The quantitative estimate of drug-likeness (QED) is 0.649. The molecule has 3 rings (SSSR count). The molecule has 3 aromatic rings. The molecule has 7 nitrogen and oxygen atoms in total. The molecule has 0 aliphatic heterocycles. The lowest BCUT2D eigenvalue weighted by molar-refractivity contribution is -0.143. The first-order valence-corrected chi connectivity index (χ1v) is 8.66. The Hall–Kier alpha value is -3.35. The molecular formula is C20H21N3O4. The Morgan fingerprint density at radius 3 is 2.67 bits per heavy atom. The molecule has 0 aliphatic carbocycles. The third kappa shape index (κ3) is 4.63. The lowest BCUT2D eigenvalue weighted by Gasteiger charge is -2.07. The van der Waals surface area contributed by atoms with E-state index in [9.17, 15) is 9.59 Å². The molecule has 1 N–H and O–H groups in total. The SMILES string of the molecule is CCOc1ccc(C(=O)NCC(=O)OCc2cn3cccc(C)c3n2)cc1. The maximum absolute atomic E-state index is 12.1. The summed E-state index contributed by atoms with van der Waals surface area (Å²) in [4.78, 5) is 28.4. The molecule has 0 radical (unpaired) electrons. The van der Waals surface area contributed by atoms with Gasteiger partial charge in [0.05, 0.1) is 12.3 Å². The van der Waals surface area contributed by atoms with Crippen molar-refractivity contribution in [3.63, 3.8) is 0 Å². The highest BCUT2D eigenvalue weighted by Gasteiger charge is 2.11. The van der Waals surface area contributed by atoms with Crippen molar-refractivity contribution in [1.29, 1.82) is 0 Å². The highest BCUT2D eigenvalue weighted by atomic mass is 16.5. The van der Waals surface area contributed by atoms with Crippen LogP contribution in [0.5, 0.6) is 5.75 Å². The number of hydrogen-bond acceptors (Lipinski definition) is 5. The zero-order valence-corrected chi connectivity index (χ0v) is 15.3. The molecule has 0 bridgehead atoms. The van der Waals surface area contributed by atoms with Crippen molar-refractivity contribution < 1.29 is 19.1 Å². The summed E-state index contributed by atoms with van der Waals surface area (Å²) in [5.74, 6) is -0.183. The molecule has 0 fully saturated rings. The lowest BCUT2D eigenvalue weighted by Crippen LogP contribution is -2.30. The Kier molecular flexibility index (Phi) is 5.71. The van der Waals surface area contributed by atoms with Gasteiger partial charge >= 0.3 is 5.97 Å². The van der Waals surface area contributed by atoms with Gasteiger partial charge in [-0.15, -0.1) is 0 Å². The monoisotopic (exact) mass is 367 g/mol. The molecule has 0 saturated carbocycles. The molecule has 7 heteroatoms. The molecule has 0 saturated heterocycles. The van der Waals surface area contributed by atoms with Gasteiger partial charge in [0.25, 0.3) is 5.91 Å². The van der Waals surface area contributed by atoms with Gasteiger partial charge < -0.3 is 19.2 Å². The molecule has 1 amide bonds. The lowest BCUT2D eigenvalue weighted by atomic mass is 10.2. The van der Waals surface area contributed by atoms with Crippen molar-refractivity contribution in [2.24, 2.45) is 0 Å². The zero-order chi connectivity index (χ0) is 19.2. The molecule has 2 aromatic heterocycles. The number of aromatic nitrogens is 2. The van der Waals surface area contributed by atoms with Crippen LogP contribution in [-0.4, -0.2) is 34.4 Å². The molecule has 0 atom stereocenters. The topological polar surface area (TPSA) is 81.9 Å². The van der Waals surface area contributed by atoms with Crippen LogP contribution in [0, 0.1) is 6.92 Å². The van der Waals surface area contributed by atoms with E-state index in [1.807, 2.05) is 42.8 Å². The van der Waals surface area contributed by atoms with E-state index >= 15 is 0 Å². The molecule has 140 valence electrons. The van der Waals surface area contributed by atoms with Crippen molar-refractivity contribution in [3.8, 4) is 5.75 Å². The van der Waals surface area contributed by atoms with Crippen LogP contribution in [0.25, 0.3) is 5.65 Å². The molecule has 27 heavy (non-hydrogen) atoms. The second-order valence-electron chi connectivity index (χ2n) is 5.96. The Bertz CT molecular complexity index is 948. The van der Waals surface area contributed by atoms with Crippen LogP contribution >= 0.6 is 0 Å². The van der Waals surface area contributed by atoms with Gasteiger partial charge in [0.1, 0.15) is 24.5 Å². The summed E-state index contributed by atoms with van der Waals surface area (Å²) in [5.41, 5.74) is 2.96. The number of amides is 1. The second kappa shape index (κ2) is 8.35. The number of rotatable bonds is 7. The van der Waals surface area contributed by atoms with Gasteiger partial charge in [-0.3, -0.25) is 9.59 Å². The number of fused-ring (bicyclic) bond motifs is 1. The minimum atomic E-state index is -0.525. The largest absolute Gasteiger partial charge is 0.494 e. The third-order valence-electron chi connectivity index (χ3n) is 3.93. The van der Waals surface area contributed by atoms with Crippen molar-refractivity contribution in [3.05, 3.63) is 65.6 Å². The molecule has 0 spiro atoms. The summed E-state index contributed by atoms with van der Waals surface area (Å²) in [6, 6.07) is 10.6. The van der Waals surface area contributed by atoms with Gasteiger partial charge in [0, 0.05) is 18.0 Å². The van der Waals surface area contributed by atoms with Crippen molar-refractivity contribution in [2.45, 2.75) is 20.5 Å². The average molecular weight is 367 g/mol. The third-order valence-corrected chi connectivity index (χ3v) is 3.93. The van der Waals surface area contributed by atoms with Crippen LogP contribution in [0.4, 0.5) is 0 Å². The zero-order valence-electron chi connectivity index (χ0n) is 15.3. The minimum absolute atomic E-state index is 0.0544. The number of ether oxygens (including phenoxy) is 2. The predicted octanol–water partition coefficient (Wildman–Crippen LogP) is 2.51. The first-order valence-electron chi connectivity index (χ1n) is 8.66. The van der Waals surface area contributed by atoms with Crippen LogP contribution in [0.1, 0.15) is 28.5 Å². The summed E-state index contributed by atoms with van der Waals surface area (Å²) in [5, 5.41) is 2.54.